The summed E-state index contributed by atoms with van der Waals surface area (Å²) < 4.78 is 5.73. The molecule has 270 valence electrons. The third-order valence-corrected chi connectivity index (χ3v) is 9.18. The van der Waals surface area contributed by atoms with E-state index in [0.29, 0.717) is 18.9 Å². The van der Waals surface area contributed by atoms with Crippen LogP contribution in [0, 0.1) is 5.92 Å². The van der Waals surface area contributed by atoms with Gasteiger partial charge in [-0.15, -0.1) is 0 Å². The highest BCUT2D eigenvalue weighted by molar-refractivity contribution is 5.69. The van der Waals surface area contributed by atoms with E-state index in [-0.39, 0.29) is 5.97 Å². The minimum atomic E-state index is -0.0308. The molecule has 0 rings (SSSR count). The van der Waals surface area contributed by atoms with Gasteiger partial charge in [-0.3, -0.25) is 4.79 Å². The van der Waals surface area contributed by atoms with Crippen LogP contribution in [0.25, 0.3) is 0 Å². The molecule has 46 heavy (non-hydrogen) atoms. The van der Waals surface area contributed by atoms with Crippen molar-refractivity contribution in [2.75, 3.05) is 27.2 Å². The topological polar surface area (TPSA) is 29.5 Å². The van der Waals surface area contributed by atoms with Crippen molar-refractivity contribution in [3.8, 4) is 0 Å². The first-order chi connectivity index (χ1) is 22.6. The lowest BCUT2D eigenvalue weighted by Crippen LogP contribution is -2.20. The Bertz CT molecular complexity index is 695. The molecule has 0 bridgehead atoms. The molecule has 1 atom stereocenters. The number of allylic oxidation sites excluding steroid dienone is 6. The smallest absolute Gasteiger partial charge is 0.307 e. The van der Waals surface area contributed by atoms with Crippen molar-refractivity contribution in [2.24, 2.45) is 5.92 Å². The van der Waals surface area contributed by atoms with E-state index < -0.39 is 0 Å². The Morgan fingerprint density at radius 2 is 0.891 bits per heavy atom. The molecule has 3 heteroatoms. The fourth-order valence-electron chi connectivity index (χ4n) is 6.01. The highest BCUT2D eigenvalue weighted by Crippen LogP contribution is 2.20. The van der Waals surface area contributed by atoms with Crippen LogP contribution >= 0.6 is 0 Å². The molecule has 0 amide bonds. The second-order valence-electron chi connectivity index (χ2n) is 14.2. The second kappa shape index (κ2) is 38.1. The van der Waals surface area contributed by atoms with Gasteiger partial charge in [-0.2, -0.15) is 0 Å². The van der Waals surface area contributed by atoms with E-state index in [1.165, 1.54) is 173 Å². The van der Waals surface area contributed by atoms with Gasteiger partial charge in [0.15, 0.2) is 0 Å². The van der Waals surface area contributed by atoms with Crippen LogP contribution in [0.1, 0.15) is 200 Å². The number of carbonyl (C=O) groups is 1. The first-order valence-electron chi connectivity index (χ1n) is 20.3. The van der Waals surface area contributed by atoms with Crippen LogP contribution in [-0.4, -0.2) is 38.1 Å². The van der Waals surface area contributed by atoms with Gasteiger partial charge in [0.1, 0.15) is 0 Å². The molecule has 0 saturated carbocycles. The summed E-state index contributed by atoms with van der Waals surface area (Å²) in [6, 6.07) is 0. The van der Waals surface area contributed by atoms with E-state index in [9.17, 15) is 4.79 Å². The van der Waals surface area contributed by atoms with Gasteiger partial charge in [0.25, 0.3) is 0 Å². The van der Waals surface area contributed by atoms with Crippen LogP contribution in [0.5, 0.6) is 0 Å². The van der Waals surface area contributed by atoms with Crippen molar-refractivity contribution in [3.05, 3.63) is 36.5 Å². The summed E-state index contributed by atoms with van der Waals surface area (Å²) >= 11 is 0. The number of unbranched alkanes of at least 4 members (excludes halogenated alkanes) is 21. The van der Waals surface area contributed by atoms with Gasteiger partial charge in [-0.05, 0) is 90.6 Å². The van der Waals surface area contributed by atoms with Crippen LogP contribution in [0.4, 0.5) is 0 Å². The van der Waals surface area contributed by atoms with Gasteiger partial charge in [0, 0.05) is 6.54 Å². The van der Waals surface area contributed by atoms with Crippen molar-refractivity contribution in [1.29, 1.82) is 0 Å². The lowest BCUT2D eigenvalue weighted by Gasteiger charge is -2.18. The van der Waals surface area contributed by atoms with Crippen LogP contribution < -0.4 is 0 Å². The van der Waals surface area contributed by atoms with Gasteiger partial charge in [0.2, 0.25) is 0 Å². The summed E-state index contributed by atoms with van der Waals surface area (Å²) in [5.74, 6) is 0.502. The number of esters is 1. The highest BCUT2D eigenvalue weighted by Gasteiger charge is 2.12. The van der Waals surface area contributed by atoms with Gasteiger partial charge in [-0.25, -0.2) is 0 Å². The first kappa shape index (κ1) is 44.6. The molecule has 0 aliphatic rings. The van der Waals surface area contributed by atoms with E-state index in [0.717, 1.165) is 13.0 Å². The van der Waals surface area contributed by atoms with Crippen LogP contribution in [0.2, 0.25) is 0 Å². The number of rotatable bonds is 36. The maximum atomic E-state index is 12.2. The molecule has 3 nitrogen and oxygen atoms in total. The SMILES string of the molecule is CCCCC/C=C\C/C=C\CCCCCCCCC(CCCCCCCC/C=C\CCCCCCCC)COC(=O)CCN(C)C. The van der Waals surface area contributed by atoms with Crippen LogP contribution in [0.3, 0.4) is 0 Å². The van der Waals surface area contributed by atoms with E-state index >= 15 is 0 Å². The zero-order chi connectivity index (χ0) is 33.6. The predicted octanol–water partition coefficient (Wildman–Crippen LogP) is 13.7. The molecule has 0 aromatic carbocycles. The Kier molecular flexibility index (Phi) is 37.0. The largest absolute Gasteiger partial charge is 0.465 e. The molecule has 0 N–H and O–H groups in total. The third kappa shape index (κ3) is 37.1. The van der Waals surface area contributed by atoms with Crippen LogP contribution in [0.15, 0.2) is 36.5 Å². The lowest BCUT2D eigenvalue weighted by atomic mass is 9.94. The van der Waals surface area contributed by atoms with E-state index in [1.807, 2.05) is 14.1 Å². The molecule has 0 radical (unpaired) electrons. The molecule has 0 aliphatic heterocycles. The summed E-state index contributed by atoms with van der Waals surface area (Å²) in [6.45, 7) is 5.94. The minimum Gasteiger partial charge on any atom is -0.465 e. The number of carbonyl (C=O) groups excluding carboxylic acids is 1. The Morgan fingerprint density at radius 3 is 1.35 bits per heavy atom. The monoisotopic (exact) mass is 644 g/mol. The van der Waals surface area contributed by atoms with E-state index in [4.69, 9.17) is 4.74 Å². The molecule has 0 aromatic heterocycles. The molecule has 0 heterocycles. The molecular weight excluding hydrogens is 562 g/mol. The Balaban J connectivity index is 3.97. The highest BCUT2D eigenvalue weighted by atomic mass is 16.5. The summed E-state index contributed by atoms with van der Waals surface area (Å²) in [6.07, 6.45) is 51.5. The van der Waals surface area contributed by atoms with Crippen LogP contribution in [-0.2, 0) is 9.53 Å². The Labute approximate surface area is 289 Å². The predicted molar refractivity (Wildman–Crippen MR) is 206 cm³/mol. The fourth-order valence-corrected chi connectivity index (χ4v) is 6.01. The zero-order valence-electron chi connectivity index (χ0n) is 31.7. The van der Waals surface area contributed by atoms with Gasteiger partial charge in [0.05, 0.1) is 13.0 Å². The average Bonchev–Trinajstić information content (AvgIpc) is 3.05. The normalized spacial score (nSPS) is 12.8. The molecular formula is C43H81NO2. The lowest BCUT2D eigenvalue weighted by molar-refractivity contribution is -0.145. The van der Waals surface area contributed by atoms with Gasteiger partial charge >= 0.3 is 5.97 Å². The summed E-state index contributed by atoms with van der Waals surface area (Å²) in [7, 11) is 4.02. The van der Waals surface area contributed by atoms with E-state index in [1.54, 1.807) is 0 Å². The standard InChI is InChI=1S/C43H81NO2/c1-5-7-9-11-13-15-17-19-21-23-25-27-29-31-33-35-37-42(41-46-43(45)39-40-44(3)4)38-36-34-32-30-28-26-24-22-20-18-16-14-12-10-8-6-2/h13,15,19-22,42H,5-12,14,16-18,23-41H2,1-4H3/b15-13-,21-19-,22-20-. The molecule has 0 saturated heterocycles. The quantitative estimate of drug-likeness (QED) is 0.0386. The molecule has 0 spiro atoms. The van der Waals surface area contributed by atoms with Crippen molar-refractivity contribution in [3.63, 3.8) is 0 Å². The maximum Gasteiger partial charge on any atom is 0.307 e. The van der Waals surface area contributed by atoms with Crippen molar-refractivity contribution in [2.45, 2.75) is 200 Å². The zero-order valence-corrected chi connectivity index (χ0v) is 31.7. The summed E-state index contributed by atoms with van der Waals surface area (Å²) in [4.78, 5) is 14.3. The summed E-state index contributed by atoms with van der Waals surface area (Å²) in [5, 5.41) is 0. The number of ether oxygens (including phenoxy) is 1. The number of hydrogen-bond acceptors (Lipinski definition) is 3. The summed E-state index contributed by atoms with van der Waals surface area (Å²) in [5.41, 5.74) is 0. The molecule has 0 aliphatic carbocycles. The molecule has 0 aromatic rings. The van der Waals surface area contributed by atoms with Gasteiger partial charge < -0.3 is 9.64 Å². The molecule has 1 unspecified atom stereocenters. The minimum absolute atomic E-state index is 0.0308. The maximum absolute atomic E-state index is 12.2. The first-order valence-corrected chi connectivity index (χ1v) is 20.3. The van der Waals surface area contributed by atoms with Crippen molar-refractivity contribution < 1.29 is 9.53 Å². The molecule has 0 fully saturated rings. The van der Waals surface area contributed by atoms with E-state index in [2.05, 4.69) is 55.2 Å². The average molecular weight is 644 g/mol. The van der Waals surface area contributed by atoms with Gasteiger partial charge in [-0.1, -0.05) is 159 Å². The Hall–Kier alpha value is -1.35. The van der Waals surface area contributed by atoms with Crippen molar-refractivity contribution in [1.82, 2.24) is 4.90 Å². The fraction of sp³-hybridized carbons (Fsp3) is 0.837. The second-order valence-corrected chi connectivity index (χ2v) is 14.2. The number of hydrogen-bond donors (Lipinski definition) is 0. The Morgan fingerprint density at radius 1 is 0.522 bits per heavy atom. The third-order valence-electron chi connectivity index (χ3n) is 9.18. The van der Waals surface area contributed by atoms with Crippen molar-refractivity contribution >= 4 is 5.97 Å². The number of nitrogens with zero attached hydrogens (tertiary/aromatic N) is 1.